The van der Waals surface area contributed by atoms with Crippen LogP contribution >= 0.6 is 11.6 Å². The third-order valence-electron chi connectivity index (χ3n) is 3.26. The Bertz CT molecular complexity index is 359. The lowest BCUT2D eigenvalue weighted by atomic mass is 9.70. The second-order valence-corrected chi connectivity index (χ2v) is 5.16. The van der Waals surface area contributed by atoms with Gasteiger partial charge in [-0.25, -0.2) is 0 Å². The van der Waals surface area contributed by atoms with E-state index in [9.17, 15) is 0 Å². The molecule has 3 heteroatoms. The molecule has 0 atom stereocenters. The Morgan fingerprint density at radius 3 is 2.73 bits per heavy atom. The van der Waals surface area contributed by atoms with Crippen molar-refractivity contribution in [3.8, 4) is 0 Å². The molecule has 1 aromatic rings. The van der Waals surface area contributed by atoms with Gasteiger partial charge in [0.15, 0.2) is 0 Å². The standard InChI is InChI=1S/C12H17ClN2/c1-12(5-2-6-12)8-15-11-4-3-9(14)7-10(11)13/h3-4,7,15H,2,5-6,8,14H2,1H3. The van der Waals surface area contributed by atoms with Crippen LogP contribution in [0.2, 0.25) is 5.02 Å². The van der Waals surface area contributed by atoms with Gasteiger partial charge in [-0.1, -0.05) is 24.9 Å². The van der Waals surface area contributed by atoms with Gasteiger partial charge in [0.05, 0.1) is 10.7 Å². The molecular weight excluding hydrogens is 208 g/mol. The van der Waals surface area contributed by atoms with Crippen molar-refractivity contribution in [1.82, 2.24) is 0 Å². The summed E-state index contributed by atoms with van der Waals surface area (Å²) in [5.41, 5.74) is 7.79. The Kier molecular flexibility index (Phi) is 2.79. The molecule has 0 unspecified atom stereocenters. The summed E-state index contributed by atoms with van der Waals surface area (Å²) in [6, 6.07) is 5.60. The second-order valence-electron chi connectivity index (χ2n) is 4.76. The number of nitrogens with one attached hydrogen (secondary N) is 1. The average Bonchev–Trinajstić information content (AvgIpc) is 2.14. The highest BCUT2D eigenvalue weighted by atomic mass is 35.5. The van der Waals surface area contributed by atoms with Gasteiger partial charge < -0.3 is 11.1 Å². The zero-order valence-electron chi connectivity index (χ0n) is 9.02. The third kappa shape index (κ3) is 2.37. The molecule has 0 saturated heterocycles. The first kappa shape index (κ1) is 10.6. The van der Waals surface area contributed by atoms with Crippen molar-refractivity contribution < 1.29 is 0 Å². The van der Waals surface area contributed by atoms with Gasteiger partial charge in [0.25, 0.3) is 0 Å². The summed E-state index contributed by atoms with van der Waals surface area (Å²) in [6.07, 6.45) is 3.98. The number of nitrogen functional groups attached to an aromatic ring is 1. The molecule has 1 fully saturated rings. The predicted molar refractivity (Wildman–Crippen MR) is 66.3 cm³/mol. The number of hydrogen-bond donors (Lipinski definition) is 2. The number of nitrogens with two attached hydrogens (primary N) is 1. The summed E-state index contributed by atoms with van der Waals surface area (Å²) in [6.45, 7) is 3.31. The molecule has 15 heavy (non-hydrogen) atoms. The van der Waals surface area contributed by atoms with E-state index in [1.54, 1.807) is 6.07 Å². The van der Waals surface area contributed by atoms with E-state index in [4.69, 9.17) is 17.3 Å². The molecule has 1 aliphatic rings. The molecule has 0 spiro atoms. The predicted octanol–water partition coefficient (Wildman–Crippen LogP) is 3.52. The van der Waals surface area contributed by atoms with Gasteiger partial charge in [-0.2, -0.15) is 0 Å². The molecule has 0 bridgehead atoms. The van der Waals surface area contributed by atoms with E-state index in [0.29, 0.717) is 16.1 Å². The average molecular weight is 225 g/mol. The SMILES string of the molecule is CC1(CNc2ccc(N)cc2Cl)CCC1. The van der Waals surface area contributed by atoms with Crippen LogP contribution < -0.4 is 11.1 Å². The van der Waals surface area contributed by atoms with Crippen molar-refractivity contribution in [2.45, 2.75) is 26.2 Å². The summed E-state index contributed by atoms with van der Waals surface area (Å²) >= 11 is 6.08. The van der Waals surface area contributed by atoms with E-state index < -0.39 is 0 Å². The molecule has 1 aromatic carbocycles. The molecule has 82 valence electrons. The second kappa shape index (κ2) is 3.93. The molecule has 0 aromatic heterocycles. The highest BCUT2D eigenvalue weighted by molar-refractivity contribution is 6.33. The fourth-order valence-corrected chi connectivity index (χ4v) is 2.20. The first-order valence-corrected chi connectivity index (χ1v) is 5.76. The van der Waals surface area contributed by atoms with Gasteiger partial charge in [0, 0.05) is 12.2 Å². The van der Waals surface area contributed by atoms with Crippen LogP contribution in [0.1, 0.15) is 26.2 Å². The molecule has 1 aliphatic carbocycles. The topological polar surface area (TPSA) is 38.0 Å². The Labute approximate surface area is 95.8 Å². The van der Waals surface area contributed by atoms with Crippen LogP contribution in [0.3, 0.4) is 0 Å². The molecular formula is C12H17ClN2. The number of rotatable bonds is 3. The molecule has 1 saturated carbocycles. The van der Waals surface area contributed by atoms with Crippen LogP contribution in [0.25, 0.3) is 0 Å². The molecule has 2 nitrogen and oxygen atoms in total. The normalized spacial score (nSPS) is 18.3. The maximum atomic E-state index is 6.08. The van der Waals surface area contributed by atoms with Gasteiger partial charge in [0.2, 0.25) is 0 Å². The molecule has 3 N–H and O–H groups in total. The minimum absolute atomic E-state index is 0.463. The highest BCUT2D eigenvalue weighted by Gasteiger charge is 2.31. The summed E-state index contributed by atoms with van der Waals surface area (Å²) in [4.78, 5) is 0. The monoisotopic (exact) mass is 224 g/mol. The Morgan fingerprint density at radius 2 is 2.20 bits per heavy atom. The molecule has 0 radical (unpaired) electrons. The van der Waals surface area contributed by atoms with E-state index in [2.05, 4.69) is 12.2 Å². The van der Waals surface area contributed by atoms with Gasteiger partial charge in [-0.3, -0.25) is 0 Å². The van der Waals surface area contributed by atoms with Crippen molar-refractivity contribution in [3.63, 3.8) is 0 Å². The summed E-state index contributed by atoms with van der Waals surface area (Å²) in [5.74, 6) is 0. The Hall–Kier alpha value is -0.890. The van der Waals surface area contributed by atoms with E-state index in [1.807, 2.05) is 12.1 Å². The number of benzene rings is 1. The fourth-order valence-electron chi connectivity index (χ4n) is 1.94. The zero-order chi connectivity index (χ0) is 10.9. The third-order valence-corrected chi connectivity index (χ3v) is 3.57. The Morgan fingerprint density at radius 1 is 1.47 bits per heavy atom. The van der Waals surface area contributed by atoms with Crippen LogP contribution in [0.15, 0.2) is 18.2 Å². The highest BCUT2D eigenvalue weighted by Crippen LogP contribution is 2.40. The van der Waals surface area contributed by atoms with E-state index in [-0.39, 0.29) is 0 Å². The lowest BCUT2D eigenvalue weighted by Crippen LogP contribution is -2.33. The van der Waals surface area contributed by atoms with Crippen molar-refractivity contribution in [2.75, 3.05) is 17.6 Å². The Balaban J connectivity index is 1.98. The maximum Gasteiger partial charge on any atom is 0.0657 e. The first-order chi connectivity index (χ1) is 7.09. The maximum absolute atomic E-state index is 6.08. The number of anilines is 2. The van der Waals surface area contributed by atoms with Crippen LogP contribution in [0.5, 0.6) is 0 Å². The molecule has 0 heterocycles. The summed E-state index contributed by atoms with van der Waals surface area (Å²) in [5, 5.41) is 4.10. The number of hydrogen-bond acceptors (Lipinski definition) is 2. The lowest BCUT2D eigenvalue weighted by molar-refractivity contribution is 0.180. The summed E-state index contributed by atoms with van der Waals surface area (Å²) < 4.78 is 0. The van der Waals surface area contributed by atoms with Crippen molar-refractivity contribution in [3.05, 3.63) is 23.2 Å². The van der Waals surface area contributed by atoms with Crippen LogP contribution in [-0.2, 0) is 0 Å². The van der Waals surface area contributed by atoms with Crippen molar-refractivity contribution >= 4 is 23.0 Å². The number of halogens is 1. The van der Waals surface area contributed by atoms with Crippen LogP contribution in [0, 0.1) is 5.41 Å². The van der Waals surface area contributed by atoms with Crippen LogP contribution in [-0.4, -0.2) is 6.54 Å². The van der Waals surface area contributed by atoms with E-state index >= 15 is 0 Å². The summed E-state index contributed by atoms with van der Waals surface area (Å²) in [7, 11) is 0. The molecule has 2 rings (SSSR count). The molecule has 0 aliphatic heterocycles. The lowest BCUT2D eigenvalue weighted by Gasteiger charge is -2.38. The minimum Gasteiger partial charge on any atom is -0.399 e. The quantitative estimate of drug-likeness (QED) is 0.771. The fraction of sp³-hybridized carbons (Fsp3) is 0.500. The minimum atomic E-state index is 0.463. The van der Waals surface area contributed by atoms with Crippen molar-refractivity contribution in [1.29, 1.82) is 0 Å². The van der Waals surface area contributed by atoms with Crippen molar-refractivity contribution in [2.24, 2.45) is 5.41 Å². The molecule has 0 amide bonds. The van der Waals surface area contributed by atoms with E-state index in [1.165, 1.54) is 19.3 Å². The van der Waals surface area contributed by atoms with Gasteiger partial charge in [0.1, 0.15) is 0 Å². The van der Waals surface area contributed by atoms with Gasteiger partial charge in [-0.15, -0.1) is 0 Å². The zero-order valence-corrected chi connectivity index (χ0v) is 9.77. The first-order valence-electron chi connectivity index (χ1n) is 5.38. The van der Waals surface area contributed by atoms with Gasteiger partial charge in [-0.05, 0) is 36.5 Å². The largest absolute Gasteiger partial charge is 0.399 e. The van der Waals surface area contributed by atoms with Crippen LogP contribution in [0.4, 0.5) is 11.4 Å². The smallest absolute Gasteiger partial charge is 0.0657 e. The van der Waals surface area contributed by atoms with E-state index in [0.717, 1.165) is 12.2 Å². The van der Waals surface area contributed by atoms with Gasteiger partial charge >= 0.3 is 0 Å².